The SMILES string of the molecule is COc1ncnc(NCc2cncs2)c1C. The van der Waals surface area contributed by atoms with E-state index < -0.39 is 0 Å². The highest BCUT2D eigenvalue weighted by Gasteiger charge is 2.06. The smallest absolute Gasteiger partial charge is 0.221 e. The van der Waals surface area contributed by atoms with E-state index >= 15 is 0 Å². The lowest BCUT2D eigenvalue weighted by molar-refractivity contribution is 0.393. The normalized spacial score (nSPS) is 10.1. The molecule has 0 atom stereocenters. The summed E-state index contributed by atoms with van der Waals surface area (Å²) >= 11 is 1.61. The van der Waals surface area contributed by atoms with E-state index in [4.69, 9.17) is 4.74 Å². The van der Waals surface area contributed by atoms with E-state index in [2.05, 4.69) is 20.3 Å². The summed E-state index contributed by atoms with van der Waals surface area (Å²) in [6, 6.07) is 0. The van der Waals surface area contributed by atoms with E-state index in [1.807, 2.05) is 18.6 Å². The van der Waals surface area contributed by atoms with Crippen molar-refractivity contribution in [3.8, 4) is 5.88 Å². The van der Waals surface area contributed by atoms with Crippen molar-refractivity contribution in [2.45, 2.75) is 13.5 Å². The summed E-state index contributed by atoms with van der Waals surface area (Å²) in [6.45, 7) is 2.64. The summed E-state index contributed by atoms with van der Waals surface area (Å²) in [5.41, 5.74) is 2.72. The van der Waals surface area contributed by atoms with Crippen LogP contribution in [0.4, 0.5) is 5.82 Å². The molecule has 2 aromatic heterocycles. The Morgan fingerprint density at radius 2 is 2.31 bits per heavy atom. The zero-order valence-corrected chi connectivity index (χ0v) is 9.91. The van der Waals surface area contributed by atoms with Crippen molar-refractivity contribution in [2.75, 3.05) is 12.4 Å². The zero-order valence-electron chi connectivity index (χ0n) is 9.10. The largest absolute Gasteiger partial charge is 0.481 e. The van der Waals surface area contributed by atoms with Gasteiger partial charge < -0.3 is 10.1 Å². The maximum atomic E-state index is 5.12. The highest BCUT2D eigenvalue weighted by molar-refractivity contribution is 7.09. The number of aromatic nitrogens is 3. The van der Waals surface area contributed by atoms with Crippen LogP contribution >= 0.6 is 11.3 Å². The van der Waals surface area contributed by atoms with Crippen molar-refractivity contribution in [2.24, 2.45) is 0 Å². The van der Waals surface area contributed by atoms with Crippen LogP contribution in [-0.2, 0) is 6.54 Å². The van der Waals surface area contributed by atoms with Crippen molar-refractivity contribution in [1.29, 1.82) is 0 Å². The third kappa shape index (κ3) is 2.27. The lowest BCUT2D eigenvalue weighted by Gasteiger charge is -2.09. The van der Waals surface area contributed by atoms with Crippen LogP contribution in [0.25, 0.3) is 0 Å². The molecule has 2 aromatic rings. The third-order valence-corrected chi connectivity index (χ3v) is 2.92. The number of rotatable bonds is 4. The molecule has 0 saturated carbocycles. The molecule has 5 nitrogen and oxygen atoms in total. The highest BCUT2D eigenvalue weighted by Crippen LogP contribution is 2.20. The molecule has 2 heterocycles. The Kier molecular flexibility index (Phi) is 3.31. The minimum atomic E-state index is 0.599. The number of nitrogens with zero attached hydrogens (tertiary/aromatic N) is 3. The summed E-state index contributed by atoms with van der Waals surface area (Å²) in [6.07, 6.45) is 3.33. The van der Waals surface area contributed by atoms with Gasteiger partial charge in [0.05, 0.1) is 24.7 Å². The molecule has 2 rings (SSSR count). The Labute approximate surface area is 97.5 Å². The fourth-order valence-electron chi connectivity index (χ4n) is 1.32. The summed E-state index contributed by atoms with van der Waals surface area (Å²) in [5.74, 6) is 1.39. The molecule has 0 amide bonds. The predicted octanol–water partition coefficient (Wildman–Crippen LogP) is 1.86. The molecule has 0 bridgehead atoms. The van der Waals surface area contributed by atoms with Gasteiger partial charge >= 0.3 is 0 Å². The number of anilines is 1. The first kappa shape index (κ1) is 10.8. The number of ether oxygens (including phenoxy) is 1. The molecule has 0 spiro atoms. The van der Waals surface area contributed by atoms with Crippen LogP contribution in [-0.4, -0.2) is 22.1 Å². The first-order valence-electron chi connectivity index (χ1n) is 4.78. The minimum Gasteiger partial charge on any atom is -0.481 e. The van der Waals surface area contributed by atoms with E-state index in [9.17, 15) is 0 Å². The zero-order chi connectivity index (χ0) is 11.4. The number of thiazole rings is 1. The summed E-state index contributed by atoms with van der Waals surface area (Å²) in [4.78, 5) is 13.4. The number of nitrogens with one attached hydrogen (secondary N) is 1. The van der Waals surface area contributed by atoms with E-state index in [0.29, 0.717) is 12.4 Å². The van der Waals surface area contributed by atoms with Gasteiger partial charge in [-0.25, -0.2) is 9.97 Å². The van der Waals surface area contributed by atoms with Gasteiger partial charge in [-0.05, 0) is 6.92 Å². The van der Waals surface area contributed by atoms with Crippen molar-refractivity contribution in [3.63, 3.8) is 0 Å². The van der Waals surface area contributed by atoms with E-state index in [-0.39, 0.29) is 0 Å². The van der Waals surface area contributed by atoms with Gasteiger partial charge in [-0.3, -0.25) is 4.98 Å². The van der Waals surface area contributed by atoms with Crippen LogP contribution in [0, 0.1) is 6.92 Å². The van der Waals surface area contributed by atoms with E-state index in [1.165, 1.54) is 6.33 Å². The quantitative estimate of drug-likeness (QED) is 0.878. The first-order valence-corrected chi connectivity index (χ1v) is 5.66. The molecule has 0 fully saturated rings. The Morgan fingerprint density at radius 1 is 1.44 bits per heavy atom. The molecule has 1 N–H and O–H groups in total. The second-order valence-electron chi connectivity index (χ2n) is 3.18. The average molecular weight is 236 g/mol. The van der Waals surface area contributed by atoms with E-state index in [0.717, 1.165) is 16.3 Å². The molecular weight excluding hydrogens is 224 g/mol. The Morgan fingerprint density at radius 3 is 3.00 bits per heavy atom. The van der Waals surface area contributed by atoms with E-state index in [1.54, 1.807) is 18.4 Å². The van der Waals surface area contributed by atoms with Gasteiger partial charge in [0.2, 0.25) is 5.88 Å². The molecule has 16 heavy (non-hydrogen) atoms. The fourth-order valence-corrected chi connectivity index (χ4v) is 1.85. The molecule has 0 unspecified atom stereocenters. The van der Waals surface area contributed by atoms with Gasteiger partial charge in [-0.2, -0.15) is 0 Å². The number of hydrogen-bond acceptors (Lipinski definition) is 6. The van der Waals surface area contributed by atoms with Crippen LogP contribution < -0.4 is 10.1 Å². The maximum Gasteiger partial charge on any atom is 0.221 e. The lowest BCUT2D eigenvalue weighted by atomic mass is 10.3. The second-order valence-corrected chi connectivity index (χ2v) is 4.15. The molecule has 0 radical (unpaired) electrons. The molecule has 0 saturated heterocycles. The van der Waals surface area contributed by atoms with Gasteiger partial charge in [-0.15, -0.1) is 11.3 Å². The molecular formula is C10H12N4OS. The summed E-state index contributed by atoms with van der Waals surface area (Å²) in [7, 11) is 1.60. The molecule has 0 aliphatic heterocycles. The first-order chi connectivity index (χ1) is 7.81. The lowest BCUT2D eigenvalue weighted by Crippen LogP contribution is -2.04. The van der Waals surface area contributed by atoms with Crippen molar-refractivity contribution < 1.29 is 4.74 Å². The number of hydrogen-bond donors (Lipinski definition) is 1. The minimum absolute atomic E-state index is 0.599. The Balaban J connectivity index is 2.09. The molecule has 0 aliphatic rings. The molecule has 0 aromatic carbocycles. The van der Waals surface area contributed by atoms with Crippen LogP contribution in [0.15, 0.2) is 18.0 Å². The Hall–Kier alpha value is -1.69. The van der Waals surface area contributed by atoms with Crippen molar-refractivity contribution in [3.05, 3.63) is 28.5 Å². The molecule has 0 aliphatic carbocycles. The second kappa shape index (κ2) is 4.89. The topological polar surface area (TPSA) is 59.9 Å². The molecule has 84 valence electrons. The van der Waals surface area contributed by atoms with Gasteiger partial charge in [0.1, 0.15) is 12.1 Å². The summed E-state index contributed by atoms with van der Waals surface area (Å²) in [5, 5.41) is 3.23. The van der Waals surface area contributed by atoms with Crippen LogP contribution in [0.2, 0.25) is 0 Å². The maximum absolute atomic E-state index is 5.12. The van der Waals surface area contributed by atoms with Gasteiger partial charge in [0.25, 0.3) is 0 Å². The van der Waals surface area contributed by atoms with Gasteiger partial charge in [0, 0.05) is 11.1 Å². The van der Waals surface area contributed by atoms with Gasteiger partial charge in [-0.1, -0.05) is 0 Å². The monoisotopic (exact) mass is 236 g/mol. The standard InChI is InChI=1S/C10H12N4OS/c1-7-9(13-5-14-10(7)15-2)12-4-8-3-11-6-16-8/h3,5-6H,4H2,1-2H3,(H,12,13,14). The number of methoxy groups -OCH3 is 1. The summed E-state index contributed by atoms with van der Waals surface area (Å²) < 4.78 is 5.12. The average Bonchev–Trinajstić information content (AvgIpc) is 2.81. The van der Waals surface area contributed by atoms with Crippen LogP contribution in [0.1, 0.15) is 10.4 Å². The predicted molar refractivity (Wildman–Crippen MR) is 62.8 cm³/mol. The van der Waals surface area contributed by atoms with Crippen LogP contribution in [0.5, 0.6) is 5.88 Å². The van der Waals surface area contributed by atoms with Crippen LogP contribution in [0.3, 0.4) is 0 Å². The highest BCUT2D eigenvalue weighted by atomic mass is 32.1. The molecule has 6 heteroatoms. The fraction of sp³-hybridized carbons (Fsp3) is 0.300. The van der Waals surface area contributed by atoms with Crippen molar-refractivity contribution in [1.82, 2.24) is 15.0 Å². The van der Waals surface area contributed by atoms with Gasteiger partial charge in [0.15, 0.2) is 0 Å². The third-order valence-electron chi connectivity index (χ3n) is 2.14. The Bertz CT molecular complexity index is 458. The van der Waals surface area contributed by atoms with Crippen molar-refractivity contribution >= 4 is 17.2 Å².